The number of rotatable bonds is 10. The first kappa shape index (κ1) is 22.4. The van der Waals surface area contributed by atoms with Gasteiger partial charge < -0.3 is 5.73 Å². The Bertz CT molecular complexity index is 1080. The van der Waals surface area contributed by atoms with E-state index in [1.165, 1.54) is 0 Å². The van der Waals surface area contributed by atoms with Crippen LogP contribution in [-0.4, -0.2) is 34.1 Å². The quantitative estimate of drug-likeness (QED) is 0.485. The second-order valence-corrected chi connectivity index (χ2v) is 8.25. The summed E-state index contributed by atoms with van der Waals surface area (Å²) in [7, 11) is 0. The maximum Gasteiger partial charge on any atom is 0.266 e. The van der Waals surface area contributed by atoms with E-state index in [4.69, 9.17) is 10.7 Å². The van der Waals surface area contributed by atoms with E-state index in [9.17, 15) is 9.59 Å². The van der Waals surface area contributed by atoms with E-state index < -0.39 is 5.54 Å². The average Bonchev–Trinajstić information content (AvgIpc) is 3.11. The number of aromatic nitrogens is 1. The smallest absolute Gasteiger partial charge is 0.266 e. The van der Waals surface area contributed by atoms with E-state index in [1.54, 1.807) is 17.3 Å². The highest BCUT2D eigenvalue weighted by molar-refractivity contribution is 6.09. The van der Waals surface area contributed by atoms with Crippen molar-refractivity contribution in [1.82, 2.24) is 9.88 Å². The number of benzene rings is 2. The third-order valence-electron chi connectivity index (χ3n) is 5.98. The molecule has 1 aliphatic rings. The Morgan fingerprint density at radius 1 is 0.848 bits per heavy atom. The number of aliphatic imine (C=N–C) groups is 1. The minimum absolute atomic E-state index is 0.133. The van der Waals surface area contributed by atoms with Gasteiger partial charge in [-0.1, -0.05) is 67.1 Å². The molecule has 1 amide bonds. The van der Waals surface area contributed by atoms with Gasteiger partial charge in [0.15, 0.2) is 11.5 Å². The van der Waals surface area contributed by atoms with Gasteiger partial charge in [0.25, 0.3) is 5.91 Å². The Morgan fingerprint density at radius 2 is 1.45 bits per heavy atom. The van der Waals surface area contributed by atoms with E-state index in [0.29, 0.717) is 19.4 Å². The van der Waals surface area contributed by atoms with Gasteiger partial charge >= 0.3 is 0 Å². The molecular formula is C27H28N4O2. The summed E-state index contributed by atoms with van der Waals surface area (Å²) in [6.07, 6.45) is 6.73. The number of carbonyl (C=O) groups is 2. The van der Waals surface area contributed by atoms with Crippen LogP contribution in [0.25, 0.3) is 0 Å². The molecule has 6 nitrogen and oxygen atoms in total. The highest BCUT2D eigenvalue weighted by atomic mass is 16.2. The third-order valence-corrected chi connectivity index (χ3v) is 5.98. The molecule has 2 N–H and O–H groups in total. The van der Waals surface area contributed by atoms with Gasteiger partial charge in [0, 0.05) is 31.8 Å². The molecule has 3 aromatic rings. The van der Waals surface area contributed by atoms with Gasteiger partial charge in [0.1, 0.15) is 5.78 Å². The van der Waals surface area contributed by atoms with Crippen molar-refractivity contribution < 1.29 is 9.59 Å². The van der Waals surface area contributed by atoms with Crippen LogP contribution in [0.2, 0.25) is 0 Å². The zero-order valence-electron chi connectivity index (χ0n) is 18.6. The highest BCUT2D eigenvalue weighted by Gasteiger charge is 2.50. The third kappa shape index (κ3) is 4.85. The predicted octanol–water partition coefficient (Wildman–Crippen LogP) is 3.85. The fourth-order valence-electron chi connectivity index (χ4n) is 4.28. The van der Waals surface area contributed by atoms with Crippen LogP contribution in [0.15, 0.2) is 90.2 Å². The fraction of sp³-hybridized carbons (Fsp3) is 0.259. The number of nitrogens with zero attached hydrogens (tertiary/aromatic N) is 3. The minimum Gasteiger partial charge on any atom is -0.369 e. The Kier molecular flexibility index (Phi) is 6.93. The lowest BCUT2D eigenvalue weighted by molar-refractivity contribution is -0.130. The van der Waals surface area contributed by atoms with Gasteiger partial charge in [-0.3, -0.25) is 19.5 Å². The zero-order chi connectivity index (χ0) is 23.1. The van der Waals surface area contributed by atoms with Crippen molar-refractivity contribution in [3.8, 4) is 0 Å². The first-order valence-corrected chi connectivity index (χ1v) is 11.3. The molecule has 0 unspecified atom stereocenters. The van der Waals surface area contributed by atoms with Crippen LogP contribution in [0, 0.1) is 0 Å². The Hall–Kier alpha value is -3.80. The summed E-state index contributed by atoms with van der Waals surface area (Å²) in [6, 6.07) is 22.9. The molecule has 0 bridgehead atoms. The second-order valence-electron chi connectivity index (χ2n) is 8.25. The molecule has 1 aromatic heterocycles. The standard InChI is InChI=1S/C27H28N4O2/c28-26-30-27(22-10-4-1-5-11-22,23-12-6-2-7-13-23)25(33)31(26)19-9-3-8-14-24(32)20-21-15-17-29-18-16-21/h1-2,4-7,10-13,15-18H,3,8-9,14,19-20H2,(H2,28,30). The molecule has 2 heterocycles. The number of hydrogen-bond acceptors (Lipinski definition) is 5. The van der Waals surface area contributed by atoms with Gasteiger partial charge in [0.2, 0.25) is 0 Å². The molecular weight excluding hydrogens is 412 g/mol. The van der Waals surface area contributed by atoms with Crippen LogP contribution in [-0.2, 0) is 21.5 Å². The summed E-state index contributed by atoms with van der Waals surface area (Å²) < 4.78 is 0. The van der Waals surface area contributed by atoms with E-state index in [0.717, 1.165) is 36.0 Å². The van der Waals surface area contributed by atoms with Gasteiger partial charge in [-0.05, 0) is 41.7 Å². The summed E-state index contributed by atoms with van der Waals surface area (Å²) in [5.41, 5.74) is 7.69. The number of carbonyl (C=O) groups excluding carboxylic acids is 2. The van der Waals surface area contributed by atoms with E-state index in [-0.39, 0.29) is 17.6 Å². The molecule has 0 fully saturated rings. The van der Waals surface area contributed by atoms with Gasteiger partial charge in [-0.15, -0.1) is 0 Å². The average molecular weight is 441 g/mol. The lowest BCUT2D eigenvalue weighted by atomic mass is 9.83. The van der Waals surface area contributed by atoms with Crippen LogP contribution in [0.5, 0.6) is 0 Å². The predicted molar refractivity (Wildman–Crippen MR) is 128 cm³/mol. The number of guanidine groups is 1. The first-order chi connectivity index (χ1) is 16.1. The Labute approximate surface area is 194 Å². The number of nitrogens with two attached hydrogens (primary N) is 1. The maximum absolute atomic E-state index is 13.7. The normalized spacial score (nSPS) is 14.8. The Balaban J connectivity index is 1.37. The van der Waals surface area contributed by atoms with E-state index in [2.05, 4.69) is 4.98 Å². The topological polar surface area (TPSA) is 88.6 Å². The number of unbranched alkanes of at least 4 members (excludes halogenated alkanes) is 2. The van der Waals surface area contributed by atoms with Gasteiger partial charge in [-0.2, -0.15) is 0 Å². The second kappa shape index (κ2) is 10.2. The monoisotopic (exact) mass is 440 g/mol. The molecule has 0 spiro atoms. The summed E-state index contributed by atoms with van der Waals surface area (Å²) in [6.45, 7) is 0.480. The molecule has 1 aliphatic heterocycles. The SMILES string of the molecule is NC1=NC(c2ccccc2)(c2ccccc2)C(=O)N1CCCCCC(=O)Cc1ccncc1. The largest absolute Gasteiger partial charge is 0.369 e. The molecule has 0 saturated carbocycles. The van der Waals surface area contributed by atoms with Crippen LogP contribution in [0.3, 0.4) is 0 Å². The fourth-order valence-corrected chi connectivity index (χ4v) is 4.28. The van der Waals surface area contributed by atoms with Crippen molar-refractivity contribution in [2.45, 2.75) is 37.6 Å². The molecule has 6 heteroatoms. The Morgan fingerprint density at radius 3 is 2.06 bits per heavy atom. The van der Waals surface area contributed by atoms with E-state index in [1.807, 2.05) is 72.8 Å². The van der Waals surface area contributed by atoms with Crippen LogP contribution in [0.1, 0.15) is 42.4 Å². The van der Waals surface area contributed by atoms with Crippen molar-refractivity contribution in [3.05, 3.63) is 102 Å². The van der Waals surface area contributed by atoms with Crippen LogP contribution < -0.4 is 5.73 Å². The molecule has 0 atom stereocenters. The number of hydrogen-bond donors (Lipinski definition) is 1. The first-order valence-electron chi connectivity index (χ1n) is 11.3. The summed E-state index contributed by atoms with van der Waals surface area (Å²) in [4.78, 5) is 36.2. The molecule has 0 radical (unpaired) electrons. The summed E-state index contributed by atoms with van der Waals surface area (Å²) >= 11 is 0. The van der Waals surface area contributed by atoms with Crippen molar-refractivity contribution in [1.29, 1.82) is 0 Å². The van der Waals surface area contributed by atoms with Crippen LogP contribution in [0.4, 0.5) is 0 Å². The molecule has 0 aliphatic carbocycles. The molecule has 2 aromatic carbocycles. The lowest BCUT2D eigenvalue weighted by Gasteiger charge is -2.27. The number of ketones is 1. The molecule has 33 heavy (non-hydrogen) atoms. The molecule has 0 saturated heterocycles. The highest BCUT2D eigenvalue weighted by Crippen LogP contribution is 2.39. The number of amides is 1. The maximum atomic E-state index is 13.7. The van der Waals surface area contributed by atoms with Crippen molar-refractivity contribution in [2.24, 2.45) is 10.7 Å². The van der Waals surface area contributed by atoms with Crippen molar-refractivity contribution >= 4 is 17.6 Å². The molecule has 4 rings (SSSR count). The number of Topliss-reactive ketones (excluding diaryl/α,β-unsaturated/α-hetero) is 1. The summed E-state index contributed by atoms with van der Waals surface area (Å²) in [5, 5.41) is 0. The lowest BCUT2D eigenvalue weighted by Crippen LogP contribution is -2.44. The van der Waals surface area contributed by atoms with Crippen molar-refractivity contribution in [3.63, 3.8) is 0 Å². The summed E-state index contributed by atoms with van der Waals surface area (Å²) in [5.74, 6) is 0.319. The van der Waals surface area contributed by atoms with Gasteiger partial charge in [-0.25, -0.2) is 4.99 Å². The minimum atomic E-state index is -1.16. The van der Waals surface area contributed by atoms with Gasteiger partial charge in [0.05, 0.1) is 0 Å². The number of pyridine rings is 1. The zero-order valence-corrected chi connectivity index (χ0v) is 18.6. The van der Waals surface area contributed by atoms with E-state index >= 15 is 0 Å². The molecule has 168 valence electrons. The van der Waals surface area contributed by atoms with Crippen molar-refractivity contribution in [2.75, 3.05) is 6.54 Å². The van der Waals surface area contributed by atoms with Crippen LogP contribution >= 0.6 is 0 Å².